The number of hydrogen-bond donors (Lipinski definition) is 0. The van der Waals surface area contributed by atoms with Gasteiger partial charge in [0.25, 0.3) is 0 Å². The monoisotopic (exact) mass is 503 g/mol. The van der Waals surface area contributed by atoms with E-state index in [9.17, 15) is 4.79 Å². The SMILES string of the molecule is Cc1cc(C(=O)COc2ncnc3c(Cl)cc(Cl)cc23)c(C)n1-c1ccc(Br)cc1. The Hall–Kier alpha value is -2.41. The molecule has 2 heterocycles. The predicted molar refractivity (Wildman–Crippen MR) is 122 cm³/mol. The van der Waals surface area contributed by atoms with Crippen molar-refractivity contribution in [2.75, 3.05) is 6.61 Å². The van der Waals surface area contributed by atoms with Crippen LogP contribution >= 0.6 is 39.1 Å². The van der Waals surface area contributed by atoms with Crippen LogP contribution in [0.2, 0.25) is 10.0 Å². The molecule has 0 radical (unpaired) electrons. The van der Waals surface area contributed by atoms with Crippen molar-refractivity contribution in [1.82, 2.24) is 14.5 Å². The first-order valence-corrected chi connectivity index (χ1v) is 10.6. The molecule has 152 valence electrons. The molecule has 4 rings (SSSR count). The summed E-state index contributed by atoms with van der Waals surface area (Å²) in [6.07, 6.45) is 1.35. The second-order valence-corrected chi connectivity index (χ2v) is 8.53. The highest BCUT2D eigenvalue weighted by Gasteiger charge is 2.18. The van der Waals surface area contributed by atoms with Crippen LogP contribution in [-0.4, -0.2) is 26.9 Å². The van der Waals surface area contributed by atoms with E-state index in [0.717, 1.165) is 21.5 Å². The van der Waals surface area contributed by atoms with Gasteiger partial charge in [-0.15, -0.1) is 0 Å². The van der Waals surface area contributed by atoms with Crippen molar-refractivity contribution < 1.29 is 9.53 Å². The Kier molecular flexibility index (Phi) is 5.82. The van der Waals surface area contributed by atoms with Crippen LogP contribution in [0.15, 0.2) is 53.3 Å². The number of hydrogen-bond acceptors (Lipinski definition) is 4. The lowest BCUT2D eigenvalue weighted by atomic mass is 10.1. The van der Waals surface area contributed by atoms with Gasteiger partial charge in [-0.3, -0.25) is 4.79 Å². The van der Waals surface area contributed by atoms with Gasteiger partial charge in [0.15, 0.2) is 6.61 Å². The van der Waals surface area contributed by atoms with E-state index in [-0.39, 0.29) is 18.3 Å². The normalized spacial score (nSPS) is 11.1. The van der Waals surface area contributed by atoms with Crippen molar-refractivity contribution in [3.05, 3.63) is 80.3 Å². The van der Waals surface area contributed by atoms with Crippen molar-refractivity contribution in [3.8, 4) is 11.6 Å². The minimum atomic E-state index is -0.166. The average molecular weight is 505 g/mol. The van der Waals surface area contributed by atoms with Crippen LogP contribution in [0, 0.1) is 13.8 Å². The fourth-order valence-corrected chi connectivity index (χ4v) is 4.23. The third-order valence-corrected chi connectivity index (χ3v) is 5.81. The summed E-state index contributed by atoms with van der Waals surface area (Å²) >= 11 is 15.7. The lowest BCUT2D eigenvalue weighted by Gasteiger charge is -2.11. The molecule has 8 heteroatoms. The van der Waals surface area contributed by atoms with Crippen LogP contribution in [0.25, 0.3) is 16.6 Å². The molecule has 0 fully saturated rings. The van der Waals surface area contributed by atoms with Crippen LogP contribution in [0.1, 0.15) is 21.7 Å². The van der Waals surface area contributed by atoms with Gasteiger partial charge in [-0.1, -0.05) is 39.1 Å². The van der Waals surface area contributed by atoms with Gasteiger partial charge in [0, 0.05) is 32.1 Å². The molecule has 2 aromatic carbocycles. The quantitative estimate of drug-likeness (QED) is 0.296. The number of carbonyl (C=O) groups is 1. The van der Waals surface area contributed by atoms with Gasteiger partial charge < -0.3 is 9.30 Å². The summed E-state index contributed by atoms with van der Waals surface area (Å²) in [4.78, 5) is 21.2. The first-order chi connectivity index (χ1) is 14.3. The fraction of sp³-hybridized carbons (Fsp3) is 0.136. The second-order valence-electron chi connectivity index (χ2n) is 6.77. The molecule has 30 heavy (non-hydrogen) atoms. The minimum absolute atomic E-state index is 0.147. The van der Waals surface area contributed by atoms with Crippen molar-refractivity contribution in [2.45, 2.75) is 13.8 Å². The number of Topliss-reactive ketones (excluding diaryl/α,β-unsaturated/α-hetero) is 1. The first kappa shape index (κ1) is 20.8. The van der Waals surface area contributed by atoms with Crippen LogP contribution in [-0.2, 0) is 0 Å². The van der Waals surface area contributed by atoms with Gasteiger partial charge in [0.1, 0.15) is 6.33 Å². The summed E-state index contributed by atoms with van der Waals surface area (Å²) in [6.45, 7) is 3.72. The Morgan fingerprint density at radius 2 is 1.83 bits per heavy atom. The lowest BCUT2D eigenvalue weighted by Crippen LogP contribution is -2.13. The molecule has 0 unspecified atom stereocenters. The summed E-state index contributed by atoms with van der Waals surface area (Å²) in [5, 5.41) is 1.40. The average Bonchev–Trinajstić information content (AvgIpc) is 3.01. The molecular weight excluding hydrogens is 489 g/mol. The number of ketones is 1. The molecule has 4 aromatic rings. The van der Waals surface area contributed by atoms with Crippen LogP contribution < -0.4 is 4.74 Å². The summed E-state index contributed by atoms with van der Waals surface area (Å²) in [7, 11) is 0. The molecule has 0 aliphatic heterocycles. The third-order valence-electron chi connectivity index (χ3n) is 4.78. The topological polar surface area (TPSA) is 57.0 Å². The molecule has 0 N–H and O–H groups in total. The maximum atomic E-state index is 12.9. The Morgan fingerprint density at radius 1 is 1.10 bits per heavy atom. The van der Waals surface area contributed by atoms with E-state index in [0.29, 0.717) is 26.5 Å². The lowest BCUT2D eigenvalue weighted by molar-refractivity contribution is 0.0918. The van der Waals surface area contributed by atoms with Gasteiger partial charge in [0.05, 0.1) is 15.9 Å². The molecule has 0 atom stereocenters. The van der Waals surface area contributed by atoms with Crippen molar-refractivity contribution in [1.29, 1.82) is 0 Å². The molecule has 5 nitrogen and oxygen atoms in total. The number of halogens is 3. The fourth-order valence-electron chi connectivity index (χ4n) is 3.43. The Morgan fingerprint density at radius 3 is 2.57 bits per heavy atom. The van der Waals surface area contributed by atoms with Gasteiger partial charge >= 0.3 is 0 Å². The van der Waals surface area contributed by atoms with E-state index in [1.54, 1.807) is 12.1 Å². The van der Waals surface area contributed by atoms with Crippen molar-refractivity contribution in [3.63, 3.8) is 0 Å². The van der Waals surface area contributed by atoms with E-state index in [1.165, 1.54) is 6.33 Å². The summed E-state index contributed by atoms with van der Waals surface area (Å²) in [5.74, 6) is 0.116. The number of aromatic nitrogens is 3. The van der Waals surface area contributed by atoms with Crippen LogP contribution in [0.3, 0.4) is 0 Å². The standard InChI is InChI=1S/C22H16BrCl2N3O2/c1-12-7-17(13(2)28(12)16-5-3-14(23)4-6-16)20(29)10-30-22-18-8-15(24)9-19(25)21(18)26-11-27-22/h3-9,11H,10H2,1-2H3. The number of nitrogens with zero attached hydrogens (tertiary/aromatic N) is 3. The zero-order valence-corrected chi connectivity index (χ0v) is 19.2. The summed E-state index contributed by atoms with van der Waals surface area (Å²) < 4.78 is 8.77. The molecule has 0 bridgehead atoms. The molecule has 0 aliphatic carbocycles. The molecule has 0 amide bonds. The molecule has 0 saturated carbocycles. The molecule has 0 aliphatic rings. The van der Waals surface area contributed by atoms with Gasteiger partial charge in [0.2, 0.25) is 11.7 Å². The smallest absolute Gasteiger partial charge is 0.225 e. The number of benzene rings is 2. The van der Waals surface area contributed by atoms with E-state index < -0.39 is 0 Å². The Balaban J connectivity index is 1.61. The highest BCUT2D eigenvalue weighted by Crippen LogP contribution is 2.31. The van der Waals surface area contributed by atoms with E-state index >= 15 is 0 Å². The van der Waals surface area contributed by atoms with E-state index in [2.05, 4.69) is 25.9 Å². The first-order valence-electron chi connectivity index (χ1n) is 9.06. The zero-order chi connectivity index (χ0) is 21.4. The Labute approximate surface area is 191 Å². The van der Waals surface area contributed by atoms with Gasteiger partial charge in [-0.05, 0) is 56.3 Å². The number of aryl methyl sites for hydroxylation is 1. The van der Waals surface area contributed by atoms with E-state index in [1.807, 2.05) is 48.7 Å². The number of carbonyl (C=O) groups excluding carboxylic acids is 1. The molecule has 0 saturated heterocycles. The number of ether oxygens (including phenoxy) is 1. The summed E-state index contributed by atoms with van der Waals surface area (Å²) in [5.41, 5.74) is 3.92. The maximum absolute atomic E-state index is 12.9. The Bertz CT molecular complexity index is 1270. The number of fused-ring (bicyclic) bond motifs is 1. The second kappa shape index (κ2) is 8.38. The molecule has 2 aromatic heterocycles. The maximum Gasteiger partial charge on any atom is 0.225 e. The van der Waals surface area contributed by atoms with Crippen LogP contribution in [0.4, 0.5) is 0 Å². The van der Waals surface area contributed by atoms with Crippen molar-refractivity contribution >= 4 is 55.8 Å². The highest BCUT2D eigenvalue weighted by molar-refractivity contribution is 9.10. The van der Waals surface area contributed by atoms with Gasteiger partial charge in [-0.25, -0.2) is 9.97 Å². The largest absolute Gasteiger partial charge is 0.469 e. The van der Waals surface area contributed by atoms with E-state index in [4.69, 9.17) is 27.9 Å². The molecular formula is C22H16BrCl2N3O2. The summed E-state index contributed by atoms with van der Waals surface area (Å²) in [6, 6.07) is 13.1. The minimum Gasteiger partial charge on any atom is -0.469 e. The molecule has 0 spiro atoms. The van der Waals surface area contributed by atoms with Gasteiger partial charge in [-0.2, -0.15) is 0 Å². The predicted octanol–water partition coefficient (Wildman–Crippen LogP) is 6.37. The van der Waals surface area contributed by atoms with Crippen molar-refractivity contribution in [2.24, 2.45) is 0 Å². The third kappa shape index (κ3) is 3.95. The highest BCUT2D eigenvalue weighted by atomic mass is 79.9. The zero-order valence-electron chi connectivity index (χ0n) is 16.1. The number of rotatable bonds is 5. The van der Waals surface area contributed by atoms with Crippen LogP contribution in [0.5, 0.6) is 5.88 Å².